The van der Waals surface area contributed by atoms with Crippen LogP contribution < -0.4 is 10.1 Å². The van der Waals surface area contributed by atoms with Crippen molar-refractivity contribution < 1.29 is 9.53 Å². The number of nitrogens with zero attached hydrogens (tertiary/aromatic N) is 3. The van der Waals surface area contributed by atoms with E-state index in [0.29, 0.717) is 11.8 Å². The third-order valence-electron chi connectivity index (χ3n) is 3.49. The van der Waals surface area contributed by atoms with Gasteiger partial charge in [0.05, 0.1) is 0 Å². The van der Waals surface area contributed by atoms with Gasteiger partial charge in [-0.1, -0.05) is 0 Å². The normalized spacial score (nSPS) is 14.4. The first-order chi connectivity index (χ1) is 11.2. The van der Waals surface area contributed by atoms with Crippen molar-refractivity contribution in [2.45, 2.75) is 6.92 Å². The highest BCUT2D eigenvalue weighted by molar-refractivity contribution is 7.99. The number of anilines is 1. The molecule has 1 N–H and O–H groups in total. The molecule has 1 aliphatic heterocycles. The zero-order valence-electron chi connectivity index (χ0n) is 12.9. The average Bonchev–Trinajstić information content (AvgIpc) is 2.59. The van der Waals surface area contributed by atoms with Gasteiger partial charge in [0, 0.05) is 42.7 Å². The maximum atomic E-state index is 12.2. The number of carbonyl (C=O) groups is 1. The molecule has 0 bridgehead atoms. The maximum Gasteiger partial charge on any atom is 0.321 e. The smallest absolute Gasteiger partial charge is 0.321 e. The Bertz CT molecular complexity index is 675. The van der Waals surface area contributed by atoms with Gasteiger partial charge in [-0.05, 0) is 36.8 Å². The Morgan fingerprint density at radius 1 is 1.26 bits per heavy atom. The van der Waals surface area contributed by atoms with Crippen molar-refractivity contribution in [3.05, 3.63) is 42.2 Å². The summed E-state index contributed by atoms with van der Waals surface area (Å²) in [5.74, 6) is 2.63. The minimum Gasteiger partial charge on any atom is -0.424 e. The second-order valence-electron chi connectivity index (χ2n) is 5.14. The molecule has 1 aromatic heterocycles. The molecule has 120 valence electrons. The average molecular weight is 330 g/mol. The first kappa shape index (κ1) is 15.6. The number of aromatic nitrogens is 2. The van der Waals surface area contributed by atoms with E-state index in [-0.39, 0.29) is 6.03 Å². The van der Waals surface area contributed by atoms with E-state index in [0.717, 1.165) is 35.8 Å². The van der Waals surface area contributed by atoms with Crippen molar-refractivity contribution in [1.82, 2.24) is 14.9 Å². The summed E-state index contributed by atoms with van der Waals surface area (Å²) >= 11 is 1.88. The van der Waals surface area contributed by atoms with Crippen molar-refractivity contribution in [3.8, 4) is 11.8 Å². The molecule has 1 saturated heterocycles. The standard InChI is InChI=1S/C16H18N4O2S/c1-12-11-13(22-15-17-5-2-6-18-15)3-4-14(12)19-16(21)20-7-9-23-10-8-20/h2-6,11H,7-10H2,1H3,(H,19,21). The van der Waals surface area contributed by atoms with Crippen LogP contribution in [0.5, 0.6) is 11.8 Å². The lowest BCUT2D eigenvalue weighted by atomic mass is 10.2. The van der Waals surface area contributed by atoms with Crippen molar-refractivity contribution in [2.24, 2.45) is 0 Å². The van der Waals surface area contributed by atoms with E-state index in [1.165, 1.54) is 0 Å². The quantitative estimate of drug-likeness (QED) is 0.936. The summed E-state index contributed by atoms with van der Waals surface area (Å²) in [6, 6.07) is 7.48. The third-order valence-corrected chi connectivity index (χ3v) is 4.43. The number of amides is 2. The van der Waals surface area contributed by atoms with Crippen LogP contribution in [-0.4, -0.2) is 45.5 Å². The fraction of sp³-hybridized carbons (Fsp3) is 0.312. The highest BCUT2D eigenvalue weighted by Gasteiger charge is 2.17. The molecule has 2 heterocycles. The molecule has 2 aromatic rings. The SMILES string of the molecule is Cc1cc(Oc2ncccn2)ccc1NC(=O)N1CCSCC1. The van der Waals surface area contributed by atoms with E-state index in [9.17, 15) is 4.79 Å². The molecule has 0 saturated carbocycles. The predicted molar refractivity (Wildman–Crippen MR) is 91.2 cm³/mol. The van der Waals surface area contributed by atoms with Crippen LogP contribution in [0.1, 0.15) is 5.56 Å². The van der Waals surface area contributed by atoms with Gasteiger partial charge in [-0.15, -0.1) is 0 Å². The van der Waals surface area contributed by atoms with Crippen LogP contribution >= 0.6 is 11.8 Å². The van der Waals surface area contributed by atoms with E-state index < -0.39 is 0 Å². The fourth-order valence-corrected chi connectivity index (χ4v) is 3.15. The zero-order valence-corrected chi connectivity index (χ0v) is 13.7. The molecule has 0 unspecified atom stereocenters. The largest absolute Gasteiger partial charge is 0.424 e. The molecule has 7 heteroatoms. The number of rotatable bonds is 3. The van der Waals surface area contributed by atoms with E-state index in [1.807, 2.05) is 35.7 Å². The number of nitrogens with one attached hydrogen (secondary N) is 1. The maximum absolute atomic E-state index is 12.2. The van der Waals surface area contributed by atoms with Gasteiger partial charge in [-0.3, -0.25) is 0 Å². The zero-order chi connectivity index (χ0) is 16.1. The van der Waals surface area contributed by atoms with Crippen molar-refractivity contribution in [2.75, 3.05) is 29.9 Å². The highest BCUT2D eigenvalue weighted by Crippen LogP contribution is 2.24. The Labute approximate surface area is 139 Å². The first-order valence-corrected chi connectivity index (χ1v) is 8.57. The van der Waals surface area contributed by atoms with Gasteiger partial charge >= 0.3 is 12.0 Å². The Morgan fingerprint density at radius 2 is 2.00 bits per heavy atom. The van der Waals surface area contributed by atoms with Gasteiger partial charge in [-0.25, -0.2) is 14.8 Å². The number of hydrogen-bond donors (Lipinski definition) is 1. The van der Waals surface area contributed by atoms with Gasteiger partial charge in [0.1, 0.15) is 5.75 Å². The van der Waals surface area contributed by atoms with Crippen LogP contribution in [-0.2, 0) is 0 Å². The van der Waals surface area contributed by atoms with E-state index in [4.69, 9.17) is 4.74 Å². The van der Waals surface area contributed by atoms with Crippen LogP contribution in [0.3, 0.4) is 0 Å². The molecule has 1 aromatic carbocycles. The van der Waals surface area contributed by atoms with Crippen LogP contribution in [0.4, 0.5) is 10.5 Å². The monoisotopic (exact) mass is 330 g/mol. The second-order valence-corrected chi connectivity index (χ2v) is 6.36. The first-order valence-electron chi connectivity index (χ1n) is 7.41. The summed E-state index contributed by atoms with van der Waals surface area (Å²) in [7, 11) is 0. The Balaban J connectivity index is 1.66. The fourth-order valence-electron chi connectivity index (χ4n) is 2.24. The van der Waals surface area contributed by atoms with Crippen LogP contribution in [0.25, 0.3) is 0 Å². The number of thioether (sulfide) groups is 1. The number of ether oxygens (including phenoxy) is 1. The molecule has 3 rings (SSSR count). The summed E-state index contributed by atoms with van der Waals surface area (Å²) in [4.78, 5) is 22.1. The number of urea groups is 1. The predicted octanol–water partition coefficient (Wildman–Crippen LogP) is 3.16. The van der Waals surface area contributed by atoms with Crippen molar-refractivity contribution >= 4 is 23.5 Å². The number of hydrogen-bond acceptors (Lipinski definition) is 5. The van der Waals surface area contributed by atoms with E-state index in [1.54, 1.807) is 24.5 Å². The second kappa shape index (κ2) is 7.32. The van der Waals surface area contributed by atoms with E-state index in [2.05, 4.69) is 15.3 Å². The molecule has 1 aliphatic rings. The van der Waals surface area contributed by atoms with Crippen molar-refractivity contribution in [1.29, 1.82) is 0 Å². The minimum absolute atomic E-state index is 0.0477. The molecule has 0 radical (unpaired) electrons. The van der Waals surface area contributed by atoms with Crippen LogP contribution in [0, 0.1) is 6.92 Å². The molecular formula is C16H18N4O2S. The topological polar surface area (TPSA) is 67.4 Å². The van der Waals surface area contributed by atoms with Crippen molar-refractivity contribution in [3.63, 3.8) is 0 Å². The summed E-state index contributed by atoms with van der Waals surface area (Å²) in [5.41, 5.74) is 1.72. The summed E-state index contributed by atoms with van der Waals surface area (Å²) in [5, 5.41) is 2.96. The van der Waals surface area contributed by atoms with Gasteiger partial charge in [-0.2, -0.15) is 11.8 Å². The Hall–Kier alpha value is -2.28. The highest BCUT2D eigenvalue weighted by atomic mass is 32.2. The molecule has 1 fully saturated rings. The number of carbonyl (C=O) groups excluding carboxylic acids is 1. The molecule has 6 nitrogen and oxygen atoms in total. The lowest BCUT2D eigenvalue weighted by Gasteiger charge is -2.26. The van der Waals surface area contributed by atoms with Gasteiger partial charge < -0.3 is 15.0 Å². The van der Waals surface area contributed by atoms with E-state index >= 15 is 0 Å². The molecule has 0 atom stereocenters. The van der Waals surface area contributed by atoms with Gasteiger partial charge in [0.25, 0.3) is 0 Å². The molecule has 2 amide bonds. The lowest BCUT2D eigenvalue weighted by Crippen LogP contribution is -2.40. The van der Waals surface area contributed by atoms with Crippen LogP contribution in [0.2, 0.25) is 0 Å². The minimum atomic E-state index is -0.0477. The molecule has 0 aliphatic carbocycles. The van der Waals surface area contributed by atoms with Gasteiger partial charge in [0.2, 0.25) is 0 Å². The summed E-state index contributed by atoms with van der Waals surface area (Å²) in [6.45, 7) is 3.52. The molecular weight excluding hydrogens is 312 g/mol. The lowest BCUT2D eigenvalue weighted by molar-refractivity contribution is 0.217. The number of benzene rings is 1. The number of aryl methyl sites for hydroxylation is 1. The third kappa shape index (κ3) is 4.13. The Morgan fingerprint density at radius 3 is 2.70 bits per heavy atom. The van der Waals surface area contributed by atoms with Crippen LogP contribution in [0.15, 0.2) is 36.7 Å². The summed E-state index contributed by atoms with van der Waals surface area (Å²) < 4.78 is 5.59. The van der Waals surface area contributed by atoms with Gasteiger partial charge in [0.15, 0.2) is 0 Å². The Kier molecular flexibility index (Phi) is 4.97. The molecule has 23 heavy (non-hydrogen) atoms. The summed E-state index contributed by atoms with van der Waals surface area (Å²) in [6.07, 6.45) is 3.25. The molecule has 0 spiro atoms.